The van der Waals surface area contributed by atoms with Crippen molar-refractivity contribution in [2.24, 2.45) is 21.9 Å². The number of carbonyl (C=O) groups excluding carboxylic acids is 2. The molecule has 2 amide bonds. The molecule has 1 aromatic carbocycles. The van der Waals surface area contributed by atoms with E-state index in [2.05, 4.69) is 21.1 Å². The van der Waals surface area contributed by atoms with E-state index in [4.69, 9.17) is 11.0 Å². The molecule has 8 nitrogen and oxygen atoms in total. The zero-order valence-corrected chi connectivity index (χ0v) is 11.8. The highest BCUT2D eigenvalue weighted by Crippen LogP contribution is 2.18. The van der Waals surface area contributed by atoms with Crippen molar-refractivity contribution in [2.45, 2.75) is 13.3 Å². The molecule has 8 heteroatoms. The van der Waals surface area contributed by atoms with Crippen LogP contribution in [0.3, 0.4) is 0 Å². The second-order valence-electron chi connectivity index (χ2n) is 4.76. The fourth-order valence-electron chi connectivity index (χ4n) is 1.97. The van der Waals surface area contributed by atoms with E-state index in [0.717, 1.165) is 11.3 Å². The zero-order valence-electron chi connectivity index (χ0n) is 11.8. The predicted octanol–water partition coefficient (Wildman–Crippen LogP) is 0.323. The third-order valence-corrected chi connectivity index (χ3v) is 3.08. The Morgan fingerprint density at radius 3 is 2.73 bits per heavy atom. The van der Waals surface area contributed by atoms with Gasteiger partial charge in [-0.1, -0.05) is 19.1 Å². The van der Waals surface area contributed by atoms with Gasteiger partial charge in [0.2, 0.25) is 11.6 Å². The quantitative estimate of drug-likeness (QED) is 0.545. The average Bonchev–Trinajstić information content (AvgIpc) is 2.48. The number of nitrogens with zero attached hydrogens (tertiary/aromatic N) is 3. The van der Waals surface area contributed by atoms with Gasteiger partial charge in [-0.05, 0) is 17.7 Å². The summed E-state index contributed by atoms with van der Waals surface area (Å²) in [7, 11) is 0. The minimum atomic E-state index is -0.896. The maximum absolute atomic E-state index is 11.2. The number of hydrazone groups is 2. The molecule has 0 radical (unpaired) electrons. The molecule has 1 heterocycles. The van der Waals surface area contributed by atoms with Crippen molar-refractivity contribution in [1.82, 2.24) is 5.43 Å². The molecular weight excluding hydrogens is 284 g/mol. The largest absolute Gasteiger partial charge is 0.364 e. The first-order valence-corrected chi connectivity index (χ1v) is 6.51. The Bertz CT molecular complexity index is 699. The van der Waals surface area contributed by atoms with Gasteiger partial charge in [-0.3, -0.25) is 15.0 Å². The van der Waals surface area contributed by atoms with Crippen LogP contribution in [0.4, 0.5) is 5.69 Å². The van der Waals surface area contributed by atoms with Gasteiger partial charge in [-0.2, -0.15) is 15.5 Å². The van der Waals surface area contributed by atoms with Gasteiger partial charge in [0, 0.05) is 12.3 Å². The number of hydrogen-bond donors (Lipinski definition) is 3. The van der Waals surface area contributed by atoms with Gasteiger partial charge in [0.05, 0.1) is 11.4 Å². The van der Waals surface area contributed by atoms with Crippen LogP contribution in [-0.2, 0) is 9.59 Å². The second-order valence-corrected chi connectivity index (χ2v) is 4.76. The molecule has 0 aromatic heterocycles. The summed E-state index contributed by atoms with van der Waals surface area (Å²) in [5.41, 5.74) is 11.9. The van der Waals surface area contributed by atoms with Gasteiger partial charge in [0.15, 0.2) is 0 Å². The van der Waals surface area contributed by atoms with E-state index >= 15 is 0 Å². The van der Waals surface area contributed by atoms with E-state index in [-0.39, 0.29) is 11.8 Å². The van der Waals surface area contributed by atoms with E-state index < -0.39 is 11.6 Å². The van der Waals surface area contributed by atoms with Crippen molar-refractivity contribution in [3.8, 4) is 6.07 Å². The van der Waals surface area contributed by atoms with Crippen molar-refractivity contribution < 1.29 is 9.59 Å². The fraction of sp³-hybridized carbons (Fsp3) is 0.214. The monoisotopic (exact) mass is 298 g/mol. The highest BCUT2D eigenvalue weighted by molar-refractivity contribution is 6.44. The van der Waals surface area contributed by atoms with Crippen molar-refractivity contribution in [3.05, 3.63) is 29.8 Å². The number of primary amides is 1. The van der Waals surface area contributed by atoms with Crippen molar-refractivity contribution in [3.63, 3.8) is 0 Å². The first kappa shape index (κ1) is 15.2. The lowest BCUT2D eigenvalue weighted by Crippen LogP contribution is -2.31. The van der Waals surface area contributed by atoms with Crippen LogP contribution < -0.4 is 16.6 Å². The van der Waals surface area contributed by atoms with Gasteiger partial charge in [-0.25, -0.2) is 5.43 Å². The summed E-state index contributed by atoms with van der Waals surface area (Å²) in [5.74, 6) is -0.960. The second kappa shape index (κ2) is 6.49. The summed E-state index contributed by atoms with van der Waals surface area (Å²) in [5, 5.41) is 16.4. The first-order valence-electron chi connectivity index (χ1n) is 6.51. The van der Waals surface area contributed by atoms with Crippen LogP contribution >= 0.6 is 0 Å². The molecule has 0 aliphatic carbocycles. The number of rotatable bonds is 4. The number of nitrogens with one attached hydrogen (secondary N) is 2. The van der Waals surface area contributed by atoms with Crippen LogP contribution in [0.25, 0.3) is 0 Å². The molecular formula is C14H14N6O2. The summed E-state index contributed by atoms with van der Waals surface area (Å²) >= 11 is 0. The van der Waals surface area contributed by atoms with E-state index in [1.807, 2.05) is 6.92 Å². The Morgan fingerprint density at radius 2 is 2.18 bits per heavy atom. The normalized spacial score (nSPS) is 18.0. The number of benzene rings is 1. The van der Waals surface area contributed by atoms with E-state index in [1.54, 1.807) is 30.3 Å². The number of hydrogen-bond acceptors (Lipinski definition) is 6. The number of anilines is 1. The van der Waals surface area contributed by atoms with Gasteiger partial charge in [-0.15, -0.1) is 0 Å². The van der Waals surface area contributed by atoms with E-state index in [0.29, 0.717) is 12.1 Å². The highest BCUT2D eigenvalue weighted by Gasteiger charge is 2.21. The molecule has 112 valence electrons. The molecule has 1 aromatic rings. The Balaban J connectivity index is 2.13. The number of carbonyl (C=O) groups is 2. The molecule has 1 aliphatic heterocycles. The van der Waals surface area contributed by atoms with Gasteiger partial charge < -0.3 is 5.73 Å². The van der Waals surface area contributed by atoms with Crippen LogP contribution in [0.5, 0.6) is 0 Å². The van der Waals surface area contributed by atoms with Crippen LogP contribution in [0, 0.1) is 17.2 Å². The molecule has 1 aliphatic rings. The summed E-state index contributed by atoms with van der Waals surface area (Å²) in [6.45, 7) is 1.93. The summed E-state index contributed by atoms with van der Waals surface area (Å²) in [4.78, 5) is 22.1. The number of nitriles is 1. The van der Waals surface area contributed by atoms with Crippen molar-refractivity contribution in [2.75, 3.05) is 5.43 Å². The van der Waals surface area contributed by atoms with Crippen LogP contribution in [-0.4, -0.2) is 23.2 Å². The molecule has 0 fully saturated rings. The first-order chi connectivity index (χ1) is 10.5. The lowest BCUT2D eigenvalue weighted by molar-refractivity contribution is -0.121. The molecule has 1 atom stereocenters. The Labute approximate surface area is 126 Å². The van der Waals surface area contributed by atoms with E-state index in [1.165, 1.54) is 0 Å². The Morgan fingerprint density at radius 1 is 1.50 bits per heavy atom. The van der Waals surface area contributed by atoms with Gasteiger partial charge >= 0.3 is 0 Å². The molecule has 0 saturated carbocycles. The van der Waals surface area contributed by atoms with Crippen molar-refractivity contribution >= 4 is 28.9 Å². The Hall–Kier alpha value is -3.21. The topological polar surface area (TPSA) is 133 Å². The standard InChI is InChI=1S/C14H14N6O2/c1-8-6-12(21)19-20-13(8)9-2-4-10(5-3-9)17-18-11(7-15)14(16)22/h2-5,8,17H,6H2,1H3,(H2,16,22)(H,19,21)/b18-11-/t8-/m1/s1. The van der Waals surface area contributed by atoms with Gasteiger partial charge in [0.25, 0.3) is 5.91 Å². The molecule has 22 heavy (non-hydrogen) atoms. The van der Waals surface area contributed by atoms with Crippen LogP contribution in [0.1, 0.15) is 18.9 Å². The molecule has 0 bridgehead atoms. The van der Waals surface area contributed by atoms with E-state index in [9.17, 15) is 9.59 Å². The minimum absolute atomic E-state index is 0.0330. The molecule has 0 unspecified atom stereocenters. The Kier molecular flexibility index (Phi) is 4.48. The van der Waals surface area contributed by atoms with Crippen molar-refractivity contribution in [1.29, 1.82) is 5.26 Å². The molecule has 0 spiro atoms. The number of amides is 2. The fourth-order valence-corrected chi connectivity index (χ4v) is 1.97. The summed E-state index contributed by atoms with van der Waals surface area (Å²) in [6.07, 6.45) is 0.396. The molecule has 4 N–H and O–H groups in total. The third kappa shape index (κ3) is 3.46. The molecule has 2 rings (SSSR count). The SMILES string of the molecule is C[C@@H]1CC(=O)NN=C1c1ccc(N/N=C(/C#N)C(N)=O)cc1. The smallest absolute Gasteiger partial charge is 0.280 e. The third-order valence-electron chi connectivity index (χ3n) is 3.08. The summed E-state index contributed by atoms with van der Waals surface area (Å²) in [6, 6.07) is 8.66. The predicted molar refractivity (Wildman–Crippen MR) is 80.8 cm³/mol. The summed E-state index contributed by atoms with van der Waals surface area (Å²) < 4.78 is 0. The maximum Gasteiger partial charge on any atom is 0.280 e. The zero-order chi connectivity index (χ0) is 16.1. The van der Waals surface area contributed by atoms with Crippen LogP contribution in [0.2, 0.25) is 0 Å². The maximum atomic E-state index is 11.2. The molecule has 0 saturated heterocycles. The highest BCUT2D eigenvalue weighted by atomic mass is 16.2. The average molecular weight is 298 g/mol. The number of nitrogens with two attached hydrogens (primary N) is 1. The lowest BCUT2D eigenvalue weighted by Gasteiger charge is -2.19. The van der Waals surface area contributed by atoms with Crippen LogP contribution in [0.15, 0.2) is 34.5 Å². The van der Waals surface area contributed by atoms with Gasteiger partial charge in [0.1, 0.15) is 6.07 Å². The lowest BCUT2D eigenvalue weighted by atomic mass is 9.94. The minimum Gasteiger partial charge on any atom is -0.364 e.